The van der Waals surface area contributed by atoms with Crippen molar-refractivity contribution in [2.45, 2.75) is 86.0 Å². The largest absolute Gasteiger partial charge is 0.374 e. The van der Waals surface area contributed by atoms with Crippen LogP contribution in [0, 0.1) is 10.8 Å². The van der Waals surface area contributed by atoms with E-state index in [0.29, 0.717) is 10.8 Å². The van der Waals surface area contributed by atoms with Crippen molar-refractivity contribution in [3.05, 3.63) is 0 Å². The molecule has 0 aromatic heterocycles. The van der Waals surface area contributed by atoms with E-state index in [2.05, 4.69) is 34.6 Å². The molecular weight excluding hydrogens is 248 g/mol. The SMILES string of the molecule is CC(C)(C)C(C)(C)CCCCCCCCCOCC=O. The molecule has 0 atom stereocenters. The standard InChI is InChI=1S/C18H36O2/c1-17(2,3)18(4,5)13-11-9-7-6-8-10-12-15-20-16-14-19/h14H,6-13,15-16H2,1-5H3. The molecule has 0 saturated heterocycles. The molecule has 2 heteroatoms. The van der Waals surface area contributed by atoms with Crippen molar-refractivity contribution in [3.63, 3.8) is 0 Å². The molecule has 0 spiro atoms. The summed E-state index contributed by atoms with van der Waals surface area (Å²) in [6, 6.07) is 0. The molecule has 0 aliphatic rings. The Bertz CT molecular complexity index is 238. The van der Waals surface area contributed by atoms with Crippen LogP contribution in [0.4, 0.5) is 0 Å². The van der Waals surface area contributed by atoms with Gasteiger partial charge in [0.15, 0.2) is 0 Å². The Morgan fingerprint density at radius 3 is 1.80 bits per heavy atom. The fourth-order valence-corrected chi connectivity index (χ4v) is 2.16. The summed E-state index contributed by atoms with van der Waals surface area (Å²) < 4.78 is 5.13. The molecule has 0 heterocycles. The van der Waals surface area contributed by atoms with Crippen molar-refractivity contribution >= 4 is 6.29 Å². The predicted octanol–water partition coefficient (Wildman–Crippen LogP) is 5.40. The van der Waals surface area contributed by atoms with Gasteiger partial charge in [-0.15, -0.1) is 0 Å². The van der Waals surface area contributed by atoms with Gasteiger partial charge in [-0.1, -0.05) is 73.1 Å². The van der Waals surface area contributed by atoms with E-state index >= 15 is 0 Å². The Balaban J connectivity index is 3.35. The van der Waals surface area contributed by atoms with Crippen molar-refractivity contribution in [2.24, 2.45) is 10.8 Å². The van der Waals surface area contributed by atoms with Gasteiger partial charge in [0.05, 0.1) is 0 Å². The molecule has 20 heavy (non-hydrogen) atoms. The number of ether oxygens (including phenoxy) is 1. The summed E-state index contributed by atoms with van der Waals surface area (Å²) in [5.74, 6) is 0. The van der Waals surface area contributed by atoms with Gasteiger partial charge in [-0.25, -0.2) is 0 Å². The number of carbonyl (C=O) groups excluding carboxylic acids is 1. The second kappa shape index (κ2) is 10.4. The number of rotatable bonds is 12. The van der Waals surface area contributed by atoms with Gasteiger partial charge in [0, 0.05) is 6.61 Å². The maximum absolute atomic E-state index is 10.0. The van der Waals surface area contributed by atoms with Gasteiger partial charge >= 0.3 is 0 Å². The lowest BCUT2D eigenvalue weighted by Crippen LogP contribution is -2.29. The average Bonchev–Trinajstić information content (AvgIpc) is 2.34. The van der Waals surface area contributed by atoms with Crippen LogP contribution < -0.4 is 0 Å². The molecule has 0 amide bonds. The van der Waals surface area contributed by atoms with E-state index in [0.717, 1.165) is 19.3 Å². The van der Waals surface area contributed by atoms with Crippen LogP contribution in [-0.4, -0.2) is 19.5 Å². The normalized spacial score (nSPS) is 12.7. The molecule has 0 fully saturated rings. The second-order valence-electron chi connectivity index (χ2n) is 7.60. The van der Waals surface area contributed by atoms with Crippen LogP contribution in [0.15, 0.2) is 0 Å². The Hall–Kier alpha value is -0.370. The molecule has 0 aliphatic carbocycles. The third kappa shape index (κ3) is 9.52. The van der Waals surface area contributed by atoms with Gasteiger partial charge in [0.2, 0.25) is 0 Å². The smallest absolute Gasteiger partial charge is 0.145 e. The summed E-state index contributed by atoms with van der Waals surface area (Å²) in [7, 11) is 0. The number of unbranched alkanes of at least 4 members (excludes halogenated alkanes) is 6. The zero-order chi connectivity index (χ0) is 15.5. The van der Waals surface area contributed by atoms with Crippen molar-refractivity contribution in [2.75, 3.05) is 13.2 Å². The molecule has 0 radical (unpaired) electrons. The third-order valence-electron chi connectivity index (χ3n) is 4.81. The first-order valence-corrected chi connectivity index (χ1v) is 8.32. The van der Waals surface area contributed by atoms with Crippen molar-refractivity contribution in [1.82, 2.24) is 0 Å². The molecule has 0 bridgehead atoms. The predicted molar refractivity (Wildman–Crippen MR) is 87.1 cm³/mol. The highest BCUT2D eigenvalue weighted by atomic mass is 16.5. The first-order chi connectivity index (χ1) is 9.31. The summed E-state index contributed by atoms with van der Waals surface area (Å²) >= 11 is 0. The van der Waals surface area contributed by atoms with Crippen LogP contribution in [0.2, 0.25) is 0 Å². The van der Waals surface area contributed by atoms with Crippen LogP contribution in [0.5, 0.6) is 0 Å². The van der Waals surface area contributed by atoms with Gasteiger partial charge in [0.1, 0.15) is 12.9 Å². The van der Waals surface area contributed by atoms with Crippen LogP contribution in [0.1, 0.15) is 86.0 Å². The first-order valence-electron chi connectivity index (χ1n) is 8.32. The van der Waals surface area contributed by atoms with E-state index in [-0.39, 0.29) is 6.61 Å². The van der Waals surface area contributed by atoms with Crippen molar-refractivity contribution < 1.29 is 9.53 Å². The number of hydrogen-bond donors (Lipinski definition) is 0. The topological polar surface area (TPSA) is 26.3 Å². The van der Waals surface area contributed by atoms with Crippen molar-refractivity contribution in [3.8, 4) is 0 Å². The highest BCUT2D eigenvalue weighted by Crippen LogP contribution is 2.41. The summed E-state index contributed by atoms with van der Waals surface area (Å²) in [6.07, 6.45) is 11.2. The highest BCUT2D eigenvalue weighted by molar-refractivity contribution is 5.50. The Morgan fingerprint density at radius 2 is 1.30 bits per heavy atom. The molecule has 0 aromatic rings. The lowest BCUT2D eigenvalue weighted by Gasteiger charge is -2.39. The lowest BCUT2D eigenvalue weighted by atomic mass is 9.67. The van der Waals surface area contributed by atoms with E-state index < -0.39 is 0 Å². The molecule has 2 nitrogen and oxygen atoms in total. The summed E-state index contributed by atoms with van der Waals surface area (Å²) in [5, 5.41) is 0. The monoisotopic (exact) mass is 284 g/mol. The molecule has 0 N–H and O–H groups in total. The Labute approximate surface area is 126 Å². The second-order valence-corrected chi connectivity index (χ2v) is 7.60. The van der Waals surface area contributed by atoms with Crippen LogP contribution in [0.3, 0.4) is 0 Å². The van der Waals surface area contributed by atoms with E-state index in [9.17, 15) is 4.79 Å². The number of carbonyl (C=O) groups is 1. The zero-order valence-electron chi connectivity index (χ0n) is 14.5. The van der Waals surface area contributed by atoms with E-state index in [1.165, 1.54) is 44.9 Å². The van der Waals surface area contributed by atoms with E-state index in [1.54, 1.807) is 0 Å². The van der Waals surface area contributed by atoms with Gasteiger partial charge in [-0.2, -0.15) is 0 Å². The number of aldehydes is 1. The van der Waals surface area contributed by atoms with Gasteiger partial charge < -0.3 is 9.53 Å². The summed E-state index contributed by atoms with van der Waals surface area (Å²) in [5.41, 5.74) is 0.831. The minimum Gasteiger partial charge on any atom is -0.374 e. The maximum atomic E-state index is 10.0. The maximum Gasteiger partial charge on any atom is 0.145 e. The molecule has 0 aliphatic heterocycles. The van der Waals surface area contributed by atoms with Crippen LogP contribution >= 0.6 is 0 Å². The summed E-state index contributed by atoms with van der Waals surface area (Å²) in [6.45, 7) is 12.8. The van der Waals surface area contributed by atoms with Gasteiger partial charge in [0.25, 0.3) is 0 Å². The first kappa shape index (κ1) is 19.6. The fourth-order valence-electron chi connectivity index (χ4n) is 2.16. The van der Waals surface area contributed by atoms with Crippen LogP contribution in [0.25, 0.3) is 0 Å². The molecular formula is C18H36O2. The quantitative estimate of drug-likeness (QED) is 0.354. The zero-order valence-corrected chi connectivity index (χ0v) is 14.5. The minimum absolute atomic E-state index is 0.254. The lowest BCUT2D eigenvalue weighted by molar-refractivity contribution is -0.111. The Morgan fingerprint density at radius 1 is 0.800 bits per heavy atom. The fraction of sp³-hybridized carbons (Fsp3) is 0.944. The van der Waals surface area contributed by atoms with E-state index in [4.69, 9.17) is 4.74 Å². The van der Waals surface area contributed by atoms with E-state index in [1.807, 2.05) is 0 Å². The molecule has 0 aromatic carbocycles. The Kier molecular flexibility index (Phi) is 10.2. The van der Waals surface area contributed by atoms with Gasteiger partial charge in [-0.3, -0.25) is 0 Å². The summed E-state index contributed by atoms with van der Waals surface area (Å²) in [4.78, 5) is 10.0. The van der Waals surface area contributed by atoms with Crippen molar-refractivity contribution in [1.29, 1.82) is 0 Å². The minimum atomic E-state index is 0.254. The molecule has 0 rings (SSSR count). The molecule has 0 saturated carbocycles. The van der Waals surface area contributed by atoms with Gasteiger partial charge in [-0.05, 0) is 23.7 Å². The van der Waals surface area contributed by atoms with Crippen LogP contribution in [-0.2, 0) is 9.53 Å². The third-order valence-corrected chi connectivity index (χ3v) is 4.81. The molecule has 120 valence electrons. The molecule has 0 unspecified atom stereocenters. The highest BCUT2D eigenvalue weighted by Gasteiger charge is 2.31. The number of hydrogen-bond acceptors (Lipinski definition) is 2. The average molecular weight is 284 g/mol.